The molecular weight excluding hydrogens is 367 g/mol. The molecule has 1 heterocycles. The molecule has 2 amide bonds. The van der Waals surface area contributed by atoms with Crippen molar-refractivity contribution in [2.75, 3.05) is 49.5 Å². The number of piperazine rings is 1. The van der Waals surface area contributed by atoms with Crippen LogP contribution in [0.4, 0.5) is 20.6 Å². The number of amides is 2. The lowest BCUT2D eigenvalue weighted by Gasteiger charge is -2.34. The Morgan fingerprint density at radius 2 is 1.76 bits per heavy atom. The molecule has 2 aromatic carbocycles. The van der Waals surface area contributed by atoms with Gasteiger partial charge in [0.2, 0.25) is 0 Å². The fourth-order valence-corrected chi connectivity index (χ4v) is 3.74. The fraction of sp³-hybridized carbons (Fsp3) is 0.435. The minimum absolute atomic E-state index is 0.0748. The molecule has 5 nitrogen and oxygen atoms in total. The topological polar surface area (TPSA) is 38.8 Å². The van der Waals surface area contributed by atoms with Crippen molar-refractivity contribution in [1.29, 1.82) is 0 Å². The number of halogens is 1. The number of anilines is 2. The number of hydrogen-bond donors (Lipinski definition) is 1. The van der Waals surface area contributed by atoms with Crippen molar-refractivity contribution in [2.24, 2.45) is 0 Å². The molecule has 2 aromatic rings. The summed E-state index contributed by atoms with van der Waals surface area (Å²) >= 11 is 0. The number of benzene rings is 2. The Morgan fingerprint density at radius 1 is 1.07 bits per heavy atom. The van der Waals surface area contributed by atoms with Crippen molar-refractivity contribution in [3.8, 4) is 0 Å². The van der Waals surface area contributed by atoms with Crippen LogP contribution in [0, 0.1) is 12.7 Å². The van der Waals surface area contributed by atoms with Crippen molar-refractivity contribution < 1.29 is 9.18 Å². The maximum atomic E-state index is 13.8. The van der Waals surface area contributed by atoms with Crippen molar-refractivity contribution in [2.45, 2.75) is 27.3 Å². The molecule has 0 bridgehead atoms. The molecule has 0 aliphatic carbocycles. The van der Waals surface area contributed by atoms with E-state index >= 15 is 0 Å². The second-order valence-corrected chi connectivity index (χ2v) is 7.46. The normalized spacial score (nSPS) is 14.7. The molecule has 0 saturated carbocycles. The lowest BCUT2D eigenvalue weighted by Crippen LogP contribution is -2.49. The van der Waals surface area contributed by atoms with E-state index in [1.165, 1.54) is 11.8 Å². The van der Waals surface area contributed by atoms with E-state index in [-0.39, 0.29) is 11.8 Å². The quantitative estimate of drug-likeness (QED) is 0.787. The van der Waals surface area contributed by atoms with E-state index in [1.54, 1.807) is 6.07 Å². The Morgan fingerprint density at radius 3 is 2.38 bits per heavy atom. The third-order valence-corrected chi connectivity index (χ3v) is 5.59. The maximum absolute atomic E-state index is 13.8. The monoisotopic (exact) mass is 398 g/mol. The number of carbonyl (C=O) groups excluding carboxylic acids is 1. The van der Waals surface area contributed by atoms with Crippen LogP contribution in [0.15, 0.2) is 42.5 Å². The van der Waals surface area contributed by atoms with Crippen molar-refractivity contribution in [3.05, 3.63) is 59.4 Å². The summed E-state index contributed by atoms with van der Waals surface area (Å²) in [5.41, 5.74) is 3.78. The maximum Gasteiger partial charge on any atom is 0.321 e. The summed E-state index contributed by atoms with van der Waals surface area (Å²) in [6.07, 6.45) is 0. The first-order chi connectivity index (χ1) is 14.0. The average Bonchev–Trinajstić information content (AvgIpc) is 2.73. The van der Waals surface area contributed by atoms with Gasteiger partial charge in [-0.2, -0.15) is 0 Å². The van der Waals surface area contributed by atoms with Gasteiger partial charge in [0.1, 0.15) is 5.82 Å². The highest BCUT2D eigenvalue weighted by molar-refractivity contribution is 5.90. The van der Waals surface area contributed by atoms with E-state index in [1.807, 2.05) is 30.0 Å². The zero-order valence-corrected chi connectivity index (χ0v) is 17.6. The van der Waals surface area contributed by atoms with E-state index < -0.39 is 0 Å². The van der Waals surface area contributed by atoms with E-state index in [9.17, 15) is 9.18 Å². The van der Waals surface area contributed by atoms with Gasteiger partial charge in [-0.3, -0.25) is 4.90 Å². The first kappa shape index (κ1) is 21.1. The highest BCUT2D eigenvalue weighted by atomic mass is 19.1. The average molecular weight is 399 g/mol. The van der Waals surface area contributed by atoms with Crippen molar-refractivity contribution in [1.82, 2.24) is 9.80 Å². The second-order valence-electron chi connectivity index (χ2n) is 7.46. The van der Waals surface area contributed by atoms with Crippen LogP contribution in [-0.4, -0.2) is 55.1 Å². The first-order valence-electron chi connectivity index (χ1n) is 10.4. The SMILES string of the molecule is CCN(CC)c1ccc(NC(=O)N2CCN(Cc3ccccc3F)CC2)c(C)c1. The largest absolute Gasteiger partial charge is 0.372 e. The number of aryl methyl sites for hydroxylation is 1. The predicted molar refractivity (Wildman–Crippen MR) is 117 cm³/mol. The predicted octanol–water partition coefficient (Wildman–Crippen LogP) is 4.33. The molecule has 0 unspecified atom stereocenters. The van der Waals surface area contributed by atoms with Crippen LogP contribution in [-0.2, 0) is 6.54 Å². The molecular formula is C23H31FN4O. The van der Waals surface area contributed by atoms with Gasteiger partial charge in [0.05, 0.1) is 0 Å². The van der Waals surface area contributed by atoms with E-state index in [4.69, 9.17) is 0 Å². The van der Waals surface area contributed by atoms with Gasteiger partial charge < -0.3 is 15.1 Å². The fourth-order valence-electron chi connectivity index (χ4n) is 3.74. The Balaban J connectivity index is 1.54. The summed E-state index contributed by atoms with van der Waals surface area (Å²) in [6, 6.07) is 13.0. The van der Waals surface area contributed by atoms with E-state index in [0.29, 0.717) is 25.2 Å². The molecule has 156 valence electrons. The summed E-state index contributed by atoms with van der Waals surface area (Å²) in [4.78, 5) is 19.0. The van der Waals surface area contributed by atoms with Gasteiger partial charge in [-0.15, -0.1) is 0 Å². The molecule has 0 spiro atoms. The van der Waals surface area contributed by atoms with Crippen LogP contribution in [0.5, 0.6) is 0 Å². The Kier molecular flexibility index (Phi) is 7.09. The van der Waals surface area contributed by atoms with Gasteiger partial charge >= 0.3 is 6.03 Å². The van der Waals surface area contributed by atoms with Crippen LogP contribution in [0.1, 0.15) is 25.0 Å². The first-order valence-corrected chi connectivity index (χ1v) is 10.4. The third kappa shape index (κ3) is 5.26. The highest BCUT2D eigenvalue weighted by Gasteiger charge is 2.22. The summed E-state index contributed by atoms with van der Waals surface area (Å²) in [7, 11) is 0. The van der Waals surface area contributed by atoms with Crippen LogP contribution in [0.2, 0.25) is 0 Å². The Labute approximate surface area is 173 Å². The zero-order valence-electron chi connectivity index (χ0n) is 17.6. The molecule has 1 aliphatic heterocycles. The van der Waals surface area contributed by atoms with Gasteiger partial charge in [-0.25, -0.2) is 9.18 Å². The molecule has 6 heteroatoms. The Bertz CT molecular complexity index is 829. The van der Waals surface area contributed by atoms with Crippen LogP contribution in [0.25, 0.3) is 0 Å². The minimum atomic E-state index is -0.170. The molecule has 3 rings (SSSR count). The number of rotatable bonds is 6. The second kappa shape index (κ2) is 9.74. The third-order valence-electron chi connectivity index (χ3n) is 5.59. The lowest BCUT2D eigenvalue weighted by molar-refractivity contribution is 0.142. The van der Waals surface area contributed by atoms with Gasteiger partial charge in [-0.05, 0) is 50.6 Å². The number of hydrogen-bond acceptors (Lipinski definition) is 3. The highest BCUT2D eigenvalue weighted by Crippen LogP contribution is 2.23. The molecule has 0 radical (unpaired) electrons. The molecule has 0 aromatic heterocycles. The molecule has 1 saturated heterocycles. The standard InChI is InChI=1S/C23H31FN4O/c1-4-27(5-2)20-10-11-22(18(3)16-20)25-23(29)28-14-12-26(13-15-28)17-19-8-6-7-9-21(19)24/h6-11,16H,4-5,12-15,17H2,1-3H3,(H,25,29). The van der Waals surface area contributed by atoms with E-state index in [2.05, 4.69) is 41.1 Å². The molecule has 0 atom stereocenters. The van der Waals surface area contributed by atoms with Crippen LogP contribution >= 0.6 is 0 Å². The van der Waals surface area contributed by atoms with Gasteiger partial charge in [0.15, 0.2) is 0 Å². The minimum Gasteiger partial charge on any atom is -0.372 e. The lowest BCUT2D eigenvalue weighted by atomic mass is 10.1. The summed E-state index contributed by atoms with van der Waals surface area (Å²) < 4.78 is 13.8. The summed E-state index contributed by atoms with van der Waals surface area (Å²) in [5, 5.41) is 3.05. The zero-order chi connectivity index (χ0) is 20.8. The molecule has 29 heavy (non-hydrogen) atoms. The number of carbonyl (C=O) groups is 1. The van der Waals surface area contributed by atoms with Crippen molar-refractivity contribution in [3.63, 3.8) is 0 Å². The van der Waals surface area contributed by atoms with E-state index in [0.717, 1.165) is 37.4 Å². The van der Waals surface area contributed by atoms with Crippen molar-refractivity contribution >= 4 is 17.4 Å². The summed E-state index contributed by atoms with van der Waals surface area (Å²) in [6.45, 7) is 11.5. The van der Waals surface area contributed by atoms with Gasteiger partial charge in [0.25, 0.3) is 0 Å². The van der Waals surface area contributed by atoms with Gasteiger partial charge in [-0.1, -0.05) is 18.2 Å². The Hall–Kier alpha value is -2.60. The molecule has 1 N–H and O–H groups in total. The van der Waals surface area contributed by atoms with Crippen LogP contribution in [0.3, 0.4) is 0 Å². The van der Waals surface area contributed by atoms with Gasteiger partial charge in [0, 0.05) is 62.8 Å². The summed E-state index contributed by atoms with van der Waals surface area (Å²) in [5.74, 6) is -0.170. The number of nitrogens with one attached hydrogen (secondary N) is 1. The smallest absolute Gasteiger partial charge is 0.321 e. The number of nitrogens with zero attached hydrogens (tertiary/aromatic N) is 3. The van der Waals surface area contributed by atoms with Crippen LogP contribution < -0.4 is 10.2 Å². The molecule has 1 aliphatic rings. The number of urea groups is 1. The molecule has 1 fully saturated rings.